The molecule has 1 aromatic heterocycles. The fourth-order valence-corrected chi connectivity index (χ4v) is 3.27. The maximum Gasteiger partial charge on any atom is 0.275 e. The van der Waals surface area contributed by atoms with Crippen molar-refractivity contribution in [1.82, 2.24) is 15.1 Å². The zero-order valence-electron chi connectivity index (χ0n) is 14.6. The number of amides is 1. The molecule has 0 saturated heterocycles. The summed E-state index contributed by atoms with van der Waals surface area (Å²) in [6.45, 7) is 2.15. The summed E-state index contributed by atoms with van der Waals surface area (Å²) in [6, 6.07) is 10.5. The Morgan fingerprint density at radius 3 is 2.64 bits per heavy atom. The molecule has 1 aliphatic rings. The molecule has 132 valence electrons. The molecule has 0 aliphatic heterocycles. The minimum absolute atomic E-state index is 0.128. The molecule has 25 heavy (non-hydrogen) atoms. The van der Waals surface area contributed by atoms with Crippen molar-refractivity contribution in [3.63, 3.8) is 0 Å². The van der Waals surface area contributed by atoms with E-state index in [9.17, 15) is 9.59 Å². The average Bonchev–Trinajstić information content (AvgIpc) is 2.64. The van der Waals surface area contributed by atoms with E-state index in [0.29, 0.717) is 11.6 Å². The van der Waals surface area contributed by atoms with E-state index in [2.05, 4.69) is 17.3 Å². The van der Waals surface area contributed by atoms with E-state index < -0.39 is 0 Å². The van der Waals surface area contributed by atoms with Crippen LogP contribution in [-0.4, -0.2) is 28.8 Å². The summed E-state index contributed by atoms with van der Waals surface area (Å²) >= 11 is 0. The van der Waals surface area contributed by atoms with Crippen LogP contribution in [0.3, 0.4) is 0 Å². The highest BCUT2D eigenvalue weighted by Crippen LogP contribution is 2.24. The maximum atomic E-state index is 12.8. The molecule has 2 atom stereocenters. The fourth-order valence-electron chi connectivity index (χ4n) is 3.27. The van der Waals surface area contributed by atoms with Gasteiger partial charge in [0.25, 0.3) is 11.5 Å². The molecule has 1 amide bonds. The molecule has 2 aromatic rings. The summed E-state index contributed by atoms with van der Waals surface area (Å²) in [5, 5.41) is 7.33. The summed E-state index contributed by atoms with van der Waals surface area (Å²) in [6.07, 6.45) is 4.39. The number of benzene rings is 1. The number of rotatable bonds is 4. The van der Waals surface area contributed by atoms with Gasteiger partial charge in [0.1, 0.15) is 0 Å². The summed E-state index contributed by atoms with van der Waals surface area (Å²) < 4.78 is 6.44. The zero-order valence-corrected chi connectivity index (χ0v) is 14.6. The van der Waals surface area contributed by atoms with Crippen molar-refractivity contribution in [2.45, 2.75) is 38.6 Å². The van der Waals surface area contributed by atoms with Crippen molar-refractivity contribution in [3.05, 3.63) is 52.4 Å². The predicted molar refractivity (Wildman–Crippen MR) is 95.3 cm³/mol. The lowest BCUT2D eigenvalue weighted by atomic mass is 9.86. The van der Waals surface area contributed by atoms with Gasteiger partial charge in [-0.1, -0.05) is 38.0 Å². The van der Waals surface area contributed by atoms with Crippen molar-refractivity contribution in [2.75, 3.05) is 7.11 Å². The number of aromatic nitrogens is 2. The van der Waals surface area contributed by atoms with Crippen LogP contribution in [0, 0.1) is 5.92 Å². The normalized spacial score (nSPS) is 20.1. The lowest BCUT2D eigenvalue weighted by Crippen LogP contribution is -2.42. The van der Waals surface area contributed by atoms with Crippen molar-refractivity contribution < 1.29 is 9.53 Å². The standard InChI is InChI=1S/C19H23N3O3/c1-13-8-6-7-11-15(13)20-19(24)18-16(25-2)12-17(23)22(21-18)14-9-4-3-5-10-14/h3-5,9-10,12-13,15H,6-8,11H2,1-2H3,(H,20,24)/t13-,15+/m0/s1. The Hall–Kier alpha value is -2.63. The molecule has 0 spiro atoms. The first-order valence-electron chi connectivity index (χ1n) is 8.65. The summed E-state index contributed by atoms with van der Waals surface area (Å²) in [7, 11) is 1.43. The number of hydrogen-bond donors (Lipinski definition) is 1. The summed E-state index contributed by atoms with van der Waals surface area (Å²) in [5.74, 6) is 0.321. The van der Waals surface area contributed by atoms with Gasteiger partial charge in [-0.2, -0.15) is 9.78 Å². The maximum absolute atomic E-state index is 12.8. The zero-order chi connectivity index (χ0) is 17.8. The minimum atomic E-state index is -0.342. The lowest BCUT2D eigenvalue weighted by Gasteiger charge is -2.29. The van der Waals surface area contributed by atoms with E-state index in [1.54, 1.807) is 12.1 Å². The van der Waals surface area contributed by atoms with E-state index in [1.165, 1.54) is 24.3 Å². The third-order valence-corrected chi connectivity index (χ3v) is 4.76. The molecule has 1 aromatic carbocycles. The highest BCUT2D eigenvalue weighted by molar-refractivity contribution is 5.95. The van der Waals surface area contributed by atoms with Gasteiger partial charge in [-0.25, -0.2) is 0 Å². The van der Waals surface area contributed by atoms with Crippen molar-refractivity contribution in [3.8, 4) is 11.4 Å². The number of methoxy groups -OCH3 is 1. The Morgan fingerprint density at radius 1 is 1.24 bits per heavy atom. The second-order valence-electron chi connectivity index (χ2n) is 6.49. The lowest BCUT2D eigenvalue weighted by molar-refractivity contribution is 0.0899. The Kier molecular flexibility index (Phi) is 5.16. The average molecular weight is 341 g/mol. The molecule has 1 N–H and O–H groups in total. The number of carbonyl (C=O) groups is 1. The quantitative estimate of drug-likeness (QED) is 0.927. The molecule has 0 radical (unpaired) electrons. The Balaban J connectivity index is 1.94. The SMILES string of the molecule is COc1cc(=O)n(-c2ccccc2)nc1C(=O)N[C@@H]1CCCC[C@@H]1C. The number of hydrogen-bond acceptors (Lipinski definition) is 4. The Labute approximate surface area is 146 Å². The van der Waals surface area contributed by atoms with Crippen LogP contribution in [0.2, 0.25) is 0 Å². The van der Waals surface area contributed by atoms with Gasteiger partial charge in [-0.3, -0.25) is 9.59 Å². The molecule has 1 heterocycles. The Bertz CT molecular complexity index is 801. The number of nitrogens with zero attached hydrogens (tertiary/aromatic N) is 2. The van der Waals surface area contributed by atoms with E-state index in [4.69, 9.17) is 4.74 Å². The fraction of sp³-hybridized carbons (Fsp3) is 0.421. The largest absolute Gasteiger partial charge is 0.494 e. The topological polar surface area (TPSA) is 73.2 Å². The van der Waals surface area contributed by atoms with Crippen LogP contribution < -0.4 is 15.6 Å². The van der Waals surface area contributed by atoms with Crippen LogP contribution in [-0.2, 0) is 0 Å². The van der Waals surface area contributed by atoms with E-state index in [1.807, 2.05) is 18.2 Å². The van der Waals surface area contributed by atoms with Gasteiger partial charge < -0.3 is 10.1 Å². The van der Waals surface area contributed by atoms with E-state index in [0.717, 1.165) is 19.3 Å². The smallest absolute Gasteiger partial charge is 0.275 e. The van der Waals surface area contributed by atoms with Gasteiger partial charge in [0.05, 0.1) is 18.9 Å². The van der Waals surface area contributed by atoms with Gasteiger partial charge in [0, 0.05) is 6.04 Å². The van der Waals surface area contributed by atoms with Crippen LogP contribution in [0.15, 0.2) is 41.2 Å². The van der Waals surface area contributed by atoms with Gasteiger partial charge in [0.15, 0.2) is 11.4 Å². The molecule has 6 nitrogen and oxygen atoms in total. The molecule has 0 bridgehead atoms. The van der Waals surface area contributed by atoms with Gasteiger partial charge in [-0.05, 0) is 30.9 Å². The predicted octanol–water partition coefficient (Wildman–Crippen LogP) is 2.55. The van der Waals surface area contributed by atoms with Crippen LogP contribution in [0.25, 0.3) is 5.69 Å². The number of carbonyl (C=O) groups excluding carboxylic acids is 1. The van der Waals surface area contributed by atoms with Crippen molar-refractivity contribution in [1.29, 1.82) is 0 Å². The molecule has 0 unspecified atom stereocenters. The molecule has 1 saturated carbocycles. The second kappa shape index (κ2) is 7.51. The minimum Gasteiger partial charge on any atom is -0.494 e. The Morgan fingerprint density at radius 2 is 1.96 bits per heavy atom. The number of para-hydroxylation sites is 1. The molecule has 3 rings (SSSR count). The van der Waals surface area contributed by atoms with Crippen LogP contribution >= 0.6 is 0 Å². The molecule has 1 fully saturated rings. The third-order valence-electron chi connectivity index (χ3n) is 4.76. The highest BCUT2D eigenvalue weighted by Gasteiger charge is 2.26. The third kappa shape index (κ3) is 3.73. The first-order chi connectivity index (χ1) is 12.1. The highest BCUT2D eigenvalue weighted by atomic mass is 16.5. The van der Waals surface area contributed by atoms with Crippen LogP contribution in [0.5, 0.6) is 5.75 Å². The van der Waals surface area contributed by atoms with Crippen molar-refractivity contribution in [2.24, 2.45) is 5.92 Å². The summed E-state index contributed by atoms with van der Waals surface area (Å²) in [5.41, 5.74) is 0.393. The van der Waals surface area contributed by atoms with Crippen molar-refractivity contribution >= 4 is 5.91 Å². The van der Waals surface area contributed by atoms with Gasteiger partial charge >= 0.3 is 0 Å². The molecule has 6 heteroatoms. The molecule has 1 aliphatic carbocycles. The van der Waals surface area contributed by atoms with Crippen LogP contribution in [0.1, 0.15) is 43.1 Å². The first-order valence-corrected chi connectivity index (χ1v) is 8.65. The number of ether oxygens (including phenoxy) is 1. The molecular weight excluding hydrogens is 318 g/mol. The molecular formula is C19H23N3O3. The van der Waals surface area contributed by atoms with E-state index >= 15 is 0 Å². The second-order valence-corrected chi connectivity index (χ2v) is 6.49. The summed E-state index contributed by atoms with van der Waals surface area (Å²) in [4.78, 5) is 25.1. The van der Waals surface area contributed by atoms with E-state index in [-0.39, 0.29) is 29.0 Å². The van der Waals surface area contributed by atoms with Crippen LogP contribution in [0.4, 0.5) is 0 Å². The first kappa shape index (κ1) is 17.2. The monoisotopic (exact) mass is 341 g/mol. The number of nitrogens with one attached hydrogen (secondary N) is 1. The van der Waals surface area contributed by atoms with Gasteiger partial charge in [0.2, 0.25) is 0 Å². The van der Waals surface area contributed by atoms with Gasteiger partial charge in [-0.15, -0.1) is 0 Å².